The van der Waals surface area contributed by atoms with Gasteiger partial charge in [-0.2, -0.15) is 0 Å². The maximum atomic E-state index is 3.46. The summed E-state index contributed by atoms with van der Waals surface area (Å²) in [6.07, 6.45) is 0. The van der Waals surface area contributed by atoms with Gasteiger partial charge in [-0.3, -0.25) is 4.90 Å². The first-order valence-corrected chi connectivity index (χ1v) is 8.77. The van der Waals surface area contributed by atoms with Crippen LogP contribution in [0.3, 0.4) is 0 Å². The molecule has 2 heterocycles. The highest BCUT2D eigenvalue weighted by Crippen LogP contribution is 2.33. The molecule has 0 radical (unpaired) electrons. The number of hydrogen-bond donors (Lipinski definition) is 1. The normalized spacial score (nSPS) is 16.2. The molecule has 1 atom stereocenters. The van der Waals surface area contributed by atoms with E-state index in [0.717, 1.165) is 26.2 Å². The number of thiophene rings is 1. The fourth-order valence-corrected chi connectivity index (χ4v) is 4.21. The Hall–Kier alpha value is -1.10. The van der Waals surface area contributed by atoms with Crippen LogP contribution in [0.15, 0.2) is 60.0 Å². The third-order valence-electron chi connectivity index (χ3n) is 4.42. The summed E-state index contributed by atoms with van der Waals surface area (Å²) in [6, 6.07) is 20.4. The van der Waals surface area contributed by atoms with E-state index in [-0.39, 0.29) is 24.8 Å². The van der Waals surface area contributed by atoms with E-state index in [0.29, 0.717) is 6.04 Å². The van der Waals surface area contributed by atoms with Crippen LogP contribution in [0.25, 0.3) is 10.8 Å². The maximum absolute atomic E-state index is 3.46. The highest BCUT2D eigenvalue weighted by atomic mass is 35.5. The third-order valence-corrected chi connectivity index (χ3v) is 5.34. The Morgan fingerprint density at radius 3 is 2.33 bits per heavy atom. The van der Waals surface area contributed by atoms with Crippen LogP contribution in [-0.4, -0.2) is 31.1 Å². The Balaban J connectivity index is 0.00000104. The van der Waals surface area contributed by atoms with E-state index in [2.05, 4.69) is 70.2 Å². The van der Waals surface area contributed by atoms with Crippen molar-refractivity contribution in [2.75, 3.05) is 26.2 Å². The fourth-order valence-electron chi connectivity index (χ4n) is 3.32. The highest BCUT2D eigenvalue weighted by molar-refractivity contribution is 7.10. The van der Waals surface area contributed by atoms with E-state index in [1.165, 1.54) is 21.2 Å². The summed E-state index contributed by atoms with van der Waals surface area (Å²) in [6.45, 7) is 4.37. The van der Waals surface area contributed by atoms with Gasteiger partial charge < -0.3 is 5.32 Å². The van der Waals surface area contributed by atoms with Crippen molar-refractivity contribution in [1.29, 1.82) is 0 Å². The zero-order valence-corrected chi connectivity index (χ0v) is 15.8. The quantitative estimate of drug-likeness (QED) is 0.705. The Morgan fingerprint density at radius 1 is 0.875 bits per heavy atom. The van der Waals surface area contributed by atoms with Gasteiger partial charge in [0.1, 0.15) is 0 Å². The Labute approximate surface area is 159 Å². The average Bonchev–Trinajstić information content (AvgIpc) is 3.10. The first kappa shape index (κ1) is 19.2. The number of hydrogen-bond acceptors (Lipinski definition) is 3. The van der Waals surface area contributed by atoms with Gasteiger partial charge in [-0.1, -0.05) is 42.5 Å². The second-order valence-corrected chi connectivity index (χ2v) is 6.79. The topological polar surface area (TPSA) is 15.3 Å². The molecule has 1 fully saturated rings. The Kier molecular flexibility index (Phi) is 7.08. The van der Waals surface area contributed by atoms with Gasteiger partial charge in [-0.05, 0) is 33.8 Å². The number of halogens is 2. The summed E-state index contributed by atoms with van der Waals surface area (Å²) in [5, 5.41) is 8.29. The van der Waals surface area contributed by atoms with Crippen LogP contribution < -0.4 is 5.32 Å². The summed E-state index contributed by atoms with van der Waals surface area (Å²) in [5.41, 5.74) is 1.41. The molecule has 128 valence electrons. The van der Waals surface area contributed by atoms with E-state index in [9.17, 15) is 0 Å². The van der Waals surface area contributed by atoms with Gasteiger partial charge in [0.05, 0.1) is 6.04 Å². The lowest BCUT2D eigenvalue weighted by atomic mass is 9.99. The van der Waals surface area contributed by atoms with E-state index in [4.69, 9.17) is 0 Å². The number of fused-ring (bicyclic) bond motifs is 1. The molecule has 2 nitrogen and oxygen atoms in total. The number of piperazine rings is 1. The molecule has 1 N–H and O–H groups in total. The second kappa shape index (κ2) is 8.84. The van der Waals surface area contributed by atoms with Gasteiger partial charge in [-0.25, -0.2) is 0 Å². The van der Waals surface area contributed by atoms with Crippen molar-refractivity contribution < 1.29 is 0 Å². The minimum Gasteiger partial charge on any atom is -0.314 e. The monoisotopic (exact) mass is 380 g/mol. The van der Waals surface area contributed by atoms with Crippen LogP contribution in [0.2, 0.25) is 0 Å². The molecule has 1 aromatic heterocycles. The second-order valence-electron chi connectivity index (χ2n) is 5.81. The molecule has 2 aromatic carbocycles. The average molecular weight is 381 g/mol. The molecule has 4 rings (SSSR count). The van der Waals surface area contributed by atoms with E-state index in [1.54, 1.807) is 0 Å². The minimum atomic E-state index is 0. The number of rotatable bonds is 3. The summed E-state index contributed by atoms with van der Waals surface area (Å²) in [7, 11) is 0. The maximum Gasteiger partial charge on any atom is 0.0697 e. The van der Waals surface area contributed by atoms with Gasteiger partial charge >= 0.3 is 0 Å². The molecule has 0 unspecified atom stereocenters. The molecule has 5 heteroatoms. The predicted octanol–water partition coefficient (Wildman–Crippen LogP) is 4.74. The van der Waals surface area contributed by atoms with Crippen LogP contribution in [0.4, 0.5) is 0 Å². The van der Waals surface area contributed by atoms with Gasteiger partial charge in [0.25, 0.3) is 0 Å². The third kappa shape index (κ3) is 3.93. The largest absolute Gasteiger partial charge is 0.314 e. The van der Waals surface area contributed by atoms with Crippen molar-refractivity contribution in [2.24, 2.45) is 0 Å². The van der Waals surface area contributed by atoms with Crippen molar-refractivity contribution in [3.8, 4) is 0 Å². The minimum absolute atomic E-state index is 0. The highest BCUT2D eigenvalue weighted by Gasteiger charge is 2.24. The van der Waals surface area contributed by atoms with Crippen molar-refractivity contribution in [1.82, 2.24) is 10.2 Å². The zero-order valence-electron chi connectivity index (χ0n) is 13.4. The Morgan fingerprint density at radius 2 is 1.62 bits per heavy atom. The molecule has 24 heavy (non-hydrogen) atoms. The molecule has 0 aliphatic carbocycles. The van der Waals surface area contributed by atoms with Gasteiger partial charge in [0.15, 0.2) is 0 Å². The van der Waals surface area contributed by atoms with Crippen molar-refractivity contribution >= 4 is 46.9 Å². The van der Waals surface area contributed by atoms with Gasteiger partial charge in [0, 0.05) is 31.1 Å². The number of nitrogens with zero attached hydrogens (tertiary/aromatic N) is 1. The Bertz CT molecular complexity index is 755. The SMILES string of the molecule is Cl.Cl.c1csc([C@@H](c2ccc3ccccc3c2)N2CCNCC2)c1. The van der Waals surface area contributed by atoms with E-state index < -0.39 is 0 Å². The molecule has 3 aromatic rings. The fraction of sp³-hybridized carbons (Fsp3) is 0.263. The molecule has 0 spiro atoms. The first-order chi connectivity index (χ1) is 10.9. The zero-order chi connectivity index (χ0) is 14.8. The van der Waals surface area contributed by atoms with Crippen LogP contribution >= 0.6 is 36.2 Å². The lowest BCUT2D eigenvalue weighted by molar-refractivity contribution is 0.201. The molecular weight excluding hydrogens is 359 g/mol. The summed E-state index contributed by atoms with van der Waals surface area (Å²) >= 11 is 1.86. The van der Waals surface area contributed by atoms with Crippen molar-refractivity contribution in [3.63, 3.8) is 0 Å². The van der Waals surface area contributed by atoms with Gasteiger partial charge in [-0.15, -0.1) is 36.2 Å². The molecule has 1 aliphatic rings. The predicted molar refractivity (Wildman–Crippen MR) is 109 cm³/mol. The summed E-state index contributed by atoms with van der Waals surface area (Å²) in [4.78, 5) is 4.05. The molecule has 0 amide bonds. The van der Waals surface area contributed by atoms with Crippen LogP contribution in [0.5, 0.6) is 0 Å². The molecule has 1 saturated heterocycles. The smallest absolute Gasteiger partial charge is 0.0697 e. The standard InChI is InChI=1S/C19H20N2S.2ClH/c1-2-5-16-14-17(8-7-15(16)4-1)19(18-6-3-13-22-18)21-11-9-20-10-12-21;;/h1-8,13-14,19-20H,9-12H2;2*1H/t19-;;/m1../s1. The van der Waals surface area contributed by atoms with Crippen molar-refractivity contribution in [2.45, 2.75) is 6.04 Å². The van der Waals surface area contributed by atoms with Crippen molar-refractivity contribution in [3.05, 3.63) is 70.4 Å². The van der Waals surface area contributed by atoms with Crippen LogP contribution in [0, 0.1) is 0 Å². The summed E-state index contributed by atoms with van der Waals surface area (Å²) in [5.74, 6) is 0. The first-order valence-electron chi connectivity index (χ1n) is 7.89. The molecule has 0 bridgehead atoms. The van der Waals surface area contributed by atoms with Crippen LogP contribution in [-0.2, 0) is 0 Å². The van der Waals surface area contributed by atoms with E-state index >= 15 is 0 Å². The molecule has 1 aliphatic heterocycles. The lowest BCUT2D eigenvalue weighted by Crippen LogP contribution is -2.45. The number of benzene rings is 2. The van der Waals surface area contributed by atoms with Crippen LogP contribution in [0.1, 0.15) is 16.5 Å². The molecule has 0 saturated carbocycles. The molecular formula is C19H22Cl2N2S. The number of nitrogens with one attached hydrogen (secondary N) is 1. The summed E-state index contributed by atoms with van der Waals surface area (Å²) < 4.78 is 0. The lowest BCUT2D eigenvalue weighted by Gasteiger charge is -2.35. The van der Waals surface area contributed by atoms with Gasteiger partial charge in [0.2, 0.25) is 0 Å². The van der Waals surface area contributed by atoms with E-state index in [1.807, 2.05) is 11.3 Å².